The van der Waals surface area contributed by atoms with E-state index in [9.17, 15) is 9.59 Å². The van der Waals surface area contributed by atoms with Gasteiger partial charge in [-0.3, -0.25) is 14.5 Å². The van der Waals surface area contributed by atoms with Crippen LogP contribution in [0.25, 0.3) is 0 Å². The summed E-state index contributed by atoms with van der Waals surface area (Å²) in [6, 6.07) is 15.4. The van der Waals surface area contributed by atoms with E-state index in [4.69, 9.17) is 9.73 Å². The number of aliphatic imine (C=N–C) groups is 1. The molecule has 0 aliphatic carbocycles. The summed E-state index contributed by atoms with van der Waals surface area (Å²) < 4.78 is 5.12. The molecule has 7 heteroatoms. The normalized spacial score (nSPS) is 17.6. The molecule has 2 amide bonds. The highest BCUT2D eigenvalue weighted by molar-refractivity contribution is 8.15. The first-order valence-electron chi connectivity index (χ1n) is 9.95. The smallest absolute Gasteiger partial charge is 0.242 e. The molecule has 1 fully saturated rings. The molecule has 158 valence electrons. The minimum absolute atomic E-state index is 0.0819. The van der Waals surface area contributed by atoms with Crippen molar-refractivity contribution >= 4 is 40.1 Å². The second-order valence-electron chi connectivity index (χ2n) is 7.29. The van der Waals surface area contributed by atoms with E-state index in [2.05, 4.69) is 5.32 Å². The summed E-state index contributed by atoms with van der Waals surface area (Å²) >= 11 is 1.35. The summed E-state index contributed by atoms with van der Waals surface area (Å²) in [5, 5.41) is 3.02. The quantitative estimate of drug-likeness (QED) is 0.640. The van der Waals surface area contributed by atoms with Gasteiger partial charge in [-0.1, -0.05) is 41.6 Å². The van der Waals surface area contributed by atoms with Gasteiger partial charge in [0.05, 0.1) is 5.69 Å². The average Bonchev–Trinajstić information content (AvgIpc) is 2.98. The number of nitrogens with one attached hydrogen (secondary N) is 1. The lowest BCUT2D eigenvalue weighted by Crippen LogP contribution is -2.34. The van der Waals surface area contributed by atoms with Gasteiger partial charge >= 0.3 is 0 Å². The first-order chi connectivity index (χ1) is 14.5. The van der Waals surface area contributed by atoms with E-state index in [-0.39, 0.29) is 18.2 Å². The van der Waals surface area contributed by atoms with Gasteiger partial charge < -0.3 is 10.1 Å². The summed E-state index contributed by atoms with van der Waals surface area (Å²) in [7, 11) is 1.64. The minimum atomic E-state index is -0.485. The van der Waals surface area contributed by atoms with E-state index in [0.29, 0.717) is 24.7 Å². The van der Waals surface area contributed by atoms with Crippen LogP contribution in [0.2, 0.25) is 0 Å². The van der Waals surface area contributed by atoms with E-state index >= 15 is 0 Å². The van der Waals surface area contributed by atoms with E-state index in [0.717, 1.165) is 22.5 Å². The van der Waals surface area contributed by atoms with Crippen molar-refractivity contribution in [1.82, 2.24) is 4.90 Å². The van der Waals surface area contributed by atoms with Gasteiger partial charge in [0.15, 0.2) is 5.17 Å². The summed E-state index contributed by atoms with van der Waals surface area (Å²) in [6.07, 6.45) is 0.808. The second kappa shape index (κ2) is 10.4. The molecule has 1 aliphatic rings. The summed E-state index contributed by atoms with van der Waals surface area (Å²) in [6.45, 7) is 5.07. The highest BCUT2D eigenvalue weighted by atomic mass is 32.2. The van der Waals surface area contributed by atoms with Crippen molar-refractivity contribution in [3.05, 3.63) is 59.7 Å². The number of carbonyl (C=O) groups excluding carboxylic acids is 2. The number of ether oxygens (including phenoxy) is 1. The molecular formula is C23H27N3O3S. The van der Waals surface area contributed by atoms with Crippen molar-refractivity contribution in [2.45, 2.75) is 31.9 Å². The lowest BCUT2D eigenvalue weighted by atomic mass is 10.2. The molecule has 2 aromatic rings. The molecule has 0 bridgehead atoms. The predicted octanol–water partition coefficient (Wildman–Crippen LogP) is 4.30. The summed E-state index contributed by atoms with van der Waals surface area (Å²) in [5.41, 5.74) is 3.75. The molecule has 1 saturated heterocycles. The third-order valence-corrected chi connectivity index (χ3v) is 5.86. The maximum absolute atomic E-state index is 13.0. The van der Waals surface area contributed by atoms with Crippen molar-refractivity contribution in [2.24, 2.45) is 4.99 Å². The zero-order chi connectivity index (χ0) is 21.5. The van der Waals surface area contributed by atoms with Crippen LogP contribution in [0.4, 0.5) is 11.4 Å². The molecule has 0 unspecified atom stereocenters. The molecule has 1 aliphatic heterocycles. The Morgan fingerprint density at radius 3 is 2.63 bits per heavy atom. The number of hydrogen-bond donors (Lipinski definition) is 1. The molecule has 1 heterocycles. The Balaban J connectivity index is 1.72. The minimum Gasteiger partial charge on any atom is -0.385 e. The first-order valence-corrected chi connectivity index (χ1v) is 10.8. The van der Waals surface area contributed by atoms with Gasteiger partial charge in [-0.2, -0.15) is 0 Å². The molecule has 0 saturated carbocycles. The van der Waals surface area contributed by atoms with Crippen LogP contribution in [0.3, 0.4) is 0 Å². The third kappa shape index (κ3) is 5.93. The van der Waals surface area contributed by atoms with Gasteiger partial charge in [-0.15, -0.1) is 0 Å². The predicted molar refractivity (Wildman–Crippen MR) is 122 cm³/mol. The monoisotopic (exact) mass is 425 g/mol. The van der Waals surface area contributed by atoms with Gasteiger partial charge in [0.1, 0.15) is 5.25 Å². The molecule has 6 nitrogen and oxygen atoms in total. The van der Waals surface area contributed by atoms with E-state index in [1.54, 1.807) is 12.0 Å². The maximum atomic E-state index is 13.0. The van der Waals surface area contributed by atoms with E-state index in [1.165, 1.54) is 11.8 Å². The highest BCUT2D eigenvalue weighted by Crippen LogP contribution is 2.32. The van der Waals surface area contributed by atoms with Crippen molar-refractivity contribution in [2.75, 3.05) is 25.6 Å². The van der Waals surface area contributed by atoms with Crippen LogP contribution >= 0.6 is 11.8 Å². The van der Waals surface area contributed by atoms with Gasteiger partial charge in [-0.05, 0) is 50.1 Å². The van der Waals surface area contributed by atoms with Gasteiger partial charge in [0.2, 0.25) is 11.8 Å². The Hall–Kier alpha value is -2.64. The Morgan fingerprint density at radius 2 is 1.93 bits per heavy atom. The van der Waals surface area contributed by atoms with Crippen molar-refractivity contribution in [3.63, 3.8) is 0 Å². The molecule has 1 N–H and O–H groups in total. The number of nitrogens with zero attached hydrogens (tertiary/aromatic N) is 2. The summed E-state index contributed by atoms with van der Waals surface area (Å²) in [5.74, 6) is -0.264. The van der Waals surface area contributed by atoms with Crippen LogP contribution in [-0.4, -0.2) is 47.4 Å². The zero-order valence-corrected chi connectivity index (χ0v) is 18.4. The van der Waals surface area contributed by atoms with Crippen molar-refractivity contribution in [1.29, 1.82) is 0 Å². The van der Waals surface area contributed by atoms with Crippen LogP contribution in [0, 0.1) is 13.8 Å². The number of anilines is 1. The topological polar surface area (TPSA) is 71.0 Å². The fraction of sp³-hybridized carbons (Fsp3) is 0.348. The maximum Gasteiger partial charge on any atom is 0.242 e. The van der Waals surface area contributed by atoms with Crippen LogP contribution in [0.15, 0.2) is 53.5 Å². The molecule has 0 spiro atoms. The van der Waals surface area contributed by atoms with Crippen molar-refractivity contribution < 1.29 is 14.3 Å². The average molecular weight is 426 g/mol. The molecular weight excluding hydrogens is 398 g/mol. The van der Waals surface area contributed by atoms with Gasteiger partial charge in [0.25, 0.3) is 0 Å². The zero-order valence-electron chi connectivity index (χ0n) is 17.6. The Morgan fingerprint density at radius 1 is 1.17 bits per heavy atom. The molecule has 3 rings (SSSR count). The number of hydrogen-bond acceptors (Lipinski definition) is 5. The molecule has 30 heavy (non-hydrogen) atoms. The number of methoxy groups -OCH3 is 1. The van der Waals surface area contributed by atoms with E-state index < -0.39 is 5.25 Å². The largest absolute Gasteiger partial charge is 0.385 e. The number of carbonyl (C=O) groups is 2. The standard InChI is InChI=1S/C23H27N3O3S/c1-16-8-10-18(11-9-16)24-21(27)15-20-22(28)26(12-5-13-29-3)23(30-20)25-19-7-4-6-17(2)14-19/h4,6-11,14,20H,5,12-13,15H2,1-3H3,(H,24,27)/t20-/m0/s1. The van der Waals surface area contributed by atoms with Gasteiger partial charge in [-0.25, -0.2) is 4.99 Å². The fourth-order valence-electron chi connectivity index (χ4n) is 3.12. The lowest BCUT2D eigenvalue weighted by molar-refractivity contribution is -0.128. The number of aryl methyl sites for hydroxylation is 2. The highest BCUT2D eigenvalue weighted by Gasteiger charge is 2.38. The second-order valence-corrected chi connectivity index (χ2v) is 8.46. The van der Waals surface area contributed by atoms with Gasteiger partial charge in [0, 0.05) is 32.4 Å². The van der Waals surface area contributed by atoms with Crippen LogP contribution < -0.4 is 5.32 Å². The number of benzene rings is 2. The number of amidine groups is 1. The number of thioether (sulfide) groups is 1. The first kappa shape index (κ1) is 22.1. The van der Waals surface area contributed by atoms with Crippen LogP contribution in [0.5, 0.6) is 0 Å². The number of amides is 2. The lowest BCUT2D eigenvalue weighted by Gasteiger charge is -2.16. The molecule has 0 radical (unpaired) electrons. The third-order valence-electron chi connectivity index (χ3n) is 4.68. The molecule has 0 aromatic heterocycles. The Bertz CT molecular complexity index is 928. The SMILES string of the molecule is COCCCN1C(=O)[C@H](CC(=O)Nc2ccc(C)cc2)SC1=Nc1cccc(C)c1. The molecule has 2 aromatic carbocycles. The van der Waals surface area contributed by atoms with Crippen LogP contribution in [-0.2, 0) is 14.3 Å². The summed E-state index contributed by atoms with van der Waals surface area (Å²) in [4.78, 5) is 31.9. The van der Waals surface area contributed by atoms with E-state index in [1.807, 2.05) is 62.4 Å². The number of rotatable bonds is 8. The fourth-order valence-corrected chi connectivity index (χ4v) is 4.31. The van der Waals surface area contributed by atoms with Crippen LogP contribution in [0.1, 0.15) is 24.0 Å². The van der Waals surface area contributed by atoms with Crippen molar-refractivity contribution in [3.8, 4) is 0 Å². The molecule has 1 atom stereocenters. The Labute approximate surface area is 181 Å². The Kier molecular flexibility index (Phi) is 7.65.